The molecule has 3 rings (SSSR count). The number of amides is 3. The molecule has 1 aromatic carbocycles. The van der Waals surface area contributed by atoms with Crippen LogP contribution in [-0.2, 0) is 16.0 Å². The summed E-state index contributed by atoms with van der Waals surface area (Å²) in [6.45, 7) is 0.736. The zero-order valence-electron chi connectivity index (χ0n) is 13.3. The Morgan fingerprint density at radius 2 is 1.96 bits per heavy atom. The van der Waals surface area contributed by atoms with Gasteiger partial charge in [-0.25, -0.2) is 0 Å². The highest BCUT2D eigenvalue weighted by Crippen LogP contribution is 2.21. The third kappa shape index (κ3) is 4.27. The second-order valence-electron chi connectivity index (χ2n) is 5.73. The molecule has 0 radical (unpaired) electrons. The van der Waals surface area contributed by atoms with Crippen LogP contribution in [-0.4, -0.2) is 29.3 Å². The lowest BCUT2D eigenvalue weighted by molar-refractivity contribution is -0.121. The lowest BCUT2D eigenvalue weighted by atomic mass is 10.1. The summed E-state index contributed by atoms with van der Waals surface area (Å²) in [7, 11) is 0. The van der Waals surface area contributed by atoms with Crippen LogP contribution in [0.15, 0.2) is 41.0 Å². The van der Waals surface area contributed by atoms with Crippen molar-refractivity contribution in [3.05, 3.63) is 52.3 Å². The molecule has 8 heteroatoms. The summed E-state index contributed by atoms with van der Waals surface area (Å²) in [6, 6.07) is 8.90. The Bertz CT molecular complexity index is 800. The highest BCUT2D eigenvalue weighted by Gasteiger charge is 2.21. The molecule has 130 valence electrons. The number of carbonyl (C=O) groups is 3. The molecule has 1 aliphatic heterocycles. The summed E-state index contributed by atoms with van der Waals surface area (Å²) >= 11 is 3.24. The molecule has 0 saturated carbocycles. The molecular weight excluding hydrogens is 388 g/mol. The topological polar surface area (TPSA) is 94.3 Å². The molecule has 2 aromatic rings. The molecule has 0 spiro atoms. The van der Waals surface area contributed by atoms with Gasteiger partial charge < -0.3 is 9.88 Å². The monoisotopic (exact) mass is 404 g/mol. The van der Waals surface area contributed by atoms with Crippen molar-refractivity contribution in [3.8, 4) is 0 Å². The smallest absolute Gasteiger partial charge is 0.286 e. The van der Waals surface area contributed by atoms with E-state index in [2.05, 4.69) is 31.8 Å². The molecule has 0 bridgehead atoms. The Balaban J connectivity index is 1.51. The first kappa shape index (κ1) is 17.2. The van der Waals surface area contributed by atoms with Crippen LogP contribution in [0, 0.1) is 0 Å². The van der Waals surface area contributed by atoms with E-state index in [-0.39, 0.29) is 18.2 Å². The molecule has 1 aliphatic rings. The normalized spacial score (nSPS) is 13.8. The van der Waals surface area contributed by atoms with Gasteiger partial charge in [0.05, 0.1) is 6.42 Å². The van der Waals surface area contributed by atoms with Crippen LogP contribution in [0.3, 0.4) is 0 Å². The molecule has 1 saturated heterocycles. The fourth-order valence-electron chi connectivity index (χ4n) is 2.64. The van der Waals surface area contributed by atoms with Crippen LogP contribution in [0.1, 0.15) is 28.9 Å². The minimum absolute atomic E-state index is 0.128. The first-order valence-electron chi connectivity index (χ1n) is 7.85. The van der Waals surface area contributed by atoms with Crippen molar-refractivity contribution < 1.29 is 14.4 Å². The van der Waals surface area contributed by atoms with Gasteiger partial charge in [-0.3, -0.25) is 25.2 Å². The first-order valence-corrected chi connectivity index (χ1v) is 8.64. The van der Waals surface area contributed by atoms with Gasteiger partial charge >= 0.3 is 0 Å². The number of hydrogen-bond acceptors (Lipinski definition) is 3. The lowest BCUT2D eigenvalue weighted by Gasteiger charge is -2.15. The number of hydrogen-bond donors (Lipinski definition) is 3. The quantitative estimate of drug-likeness (QED) is 0.679. The van der Waals surface area contributed by atoms with E-state index in [1.165, 1.54) is 0 Å². The second kappa shape index (κ2) is 7.52. The van der Waals surface area contributed by atoms with Crippen LogP contribution < -0.4 is 15.8 Å². The number of anilines is 1. The molecule has 3 amide bonds. The van der Waals surface area contributed by atoms with Crippen molar-refractivity contribution in [2.24, 2.45) is 0 Å². The van der Waals surface area contributed by atoms with Crippen LogP contribution in [0.2, 0.25) is 0 Å². The summed E-state index contributed by atoms with van der Waals surface area (Å²) in [5.41, 5.74) is 6.71. The van der Waals surface area contributed by atoms with Crippen LogP contribution in [0.5, 0.6) is 0 Å². The van der Waals surface area contributed by atoms with Crippen molar-refractivity contribution in [3.63, 3.8) is 0 Å². The highest BCUT2D eigenvalue weighted by molar-refractivity contribution is 9.10. The summed E-state index contributed by atoms with van der Waals surface area (Å²) in [4.78, 5) is 40.0. The fourth-order valence-corrected chi connectivity index (χ4v) is 2.98. The van der Waals surface area contributed by atoms with Gasteiger partial charge in [0.1, 0.15) is 5.69 Å². The number of rotatable bonds is 4. The predicted molar refractivity (Wildman–Crippen MR) is 95.8 cm³/mol. The average Bonchev–Trinajstić information content (AvgIpc) is 3.22. The van der Waals surface area contributed by atoms with E-state index in [0.29, 0.717) is 12.1 Å². The maximum atomic E-state index is 11.9. The maximum absolute atomic E-state index is 11.9. The number of halogens is 1. The second-order valence-corrected chi connectivity index (χ2v) is 6.64. The minimum atomic E-state index is -0.429. The molecule has 2 heterocycles. The zero-order chi connectivity index (χ0) is 17.8. The van der Waals surface area contributed by atoms with Crippen molar-refractivity contribution in [1.82, 2.24) is 15.8 Å². The molecule has 0 atom stereocenters. The minimum Gasteiger partial charge on any atom is -0.356 e. The standard InChI is InChI=1S/C17H17BrN4O3/c18-12-9-14(19-10-12)17(25)21-20-15(23)8-11-3-5-13(6-4-11)22-7-1-2-16(22)24/h3-6,9-10,19H,1-2,7-8H2,(H,20,23)(H,21,25). The Morgan fingerprint density at radius 3 is 2.56 bits per heavy atom. The van der Waals surface area contributed by atoms with Gasteiger partial charge in [-0.2, -0.15) is 0 Å². The van der Waals surface area contributed by atoms with Gasteiger partial charge in [-0.1, -0.05) is 12.1 Å². The van der Waals surface area contributed by atoms with E-state index in [1.807, 2.05) is 24.3 Å². The van der Waals surface area contributed by atoms with Gasteiger partial charge in [-0.15, -0.1) is 0 Å². The average molecular weight is 405 g/mol. The Hall–Kier alpha value is -2.61. The van der Waals surface area contributed by atoms with Gasteiger partial charge in [0.25, 0.3) is 5.91 Å². The summed E-state index contributed by atoms with van der Waals surface area (Å²) < 4.78 is 0.751. The number of nitrogens with zero attached hydrogens (tertiary/aromatic N) is 1. The van der Waals surface area contributed by atoms with Crippen molar-refractivity contribution in [2.75, 3.05) is 11.4 Å². The van der Waals surface area contributed by atoms with E-state index in [0.717, 1.165) is 28.7 Å². The molecular formula is C17H17BrN4O3. The van der Waals surface area contributed by atoms with Crippen molar-refractivity contribution in [2.45, 2.75) is 19.3 Å². The van der Waals surface area contributed by atoms with Crippen LogP contribution >= 0.6 is 15.9 Å². The number of aromatic amines is 1. The van der Waals surface area contributed by atoms with E-state index in [9.17, 15) is 14.4 Å². The number of benzene rings is 1. The molecule has 0 aliphatic carbocycles. The van der Waals surface area contributed by atoms with Crippen LogP contribution in [0.4, 0.5) is 5.69 Å². The van der Waals surface area contributed by atoms with Gasteiger partial charge in [0, 0.05) is 29.3 Å². The summed E-state index contributed by atoms with van der Waals surface area (Å²) in [6.07, 6.45) is 3.22. The zero-order valence-corrected chi connectivity index (χ0v) is 14.9. The Kier molecular flexibility index (Phi) is 5.18. The highest BCUT2D eigenvalue weighted by atomic mass is 79.9. The van der Waals surface area contributed by atoms with Crippen molar-refractivity contribution in [1.29, 1.82) is 0 Å². The Labute approximate surface area is 152 Å². The van der Waals surface area contributed by atoms with Crippen molar-refractivity contribution >= 4 is 39.3 Å². The molecule has 0 unspecified atom stereocenters. The third-order valence-electron chi connectivity index (χ3n) is 3.89. The van der Waals surface area contributed by atoms with Crippen LogP contribution in [0.25, 0.3) is 0 Å². The number of H-pyrrole nitrogens is 1. The molecule has 7 nitrogen and oxygen atoms in total. The van der Waals surface area contributed by atoms with Gasteiger partial charge in [0.15, 0.2) is 0 Å². The van der Waals surface area contributed by atoms with E-state index < -0.39 is 5.91 Å². The largest absolute Gasteiger partial charge is 0.356 e. The molecule has 3 N–H and O–H groups in total. The fraction of sp³-hybridized carbons (Fsp3) is 0.235. The lowest BCUT2D eigenvalue weighted by Crippen LogP contribution is -2.42. The number of aromatic nitrogens is 1. The SMILES string of the molecule is O=C(Cc1ccc(N2CCCC2=O)cc1)NNC(=O)c1cc(Br)c[nH]1. The summed E-state index contributed by atoms with van der Waals surface area (Å²) in [5, 5.41) is 0. The number of hydrazine groups is 1. The first-order chi connectivity index (χ1) is 12.0. The third-order valence-corrected chi connectivity index (χ3v) is 4.35. The van der Waals surface area contributed by atoms with Gasteiger partial charge in [-0.05, 0) is 46.1 Å². The number of nitrogens with one attached hydrogen (secondary N) is 3. The van der Waals surface area contributed by atoms with E-state index >= 15 is 0 Å². The Morgan fingerprint density at radius 1 is 1.20 bits per heavy atom. The van der Waals surface area contributed by atoms with E-state index in [1.54, 1.807) is 17.2 Å². The summed E-state index contributed by atoms with van der Waals surface area (Å²) in [5.74, 6) is -0.630. The van der Waals surface area contributed by atoms with E-state index in [4.69, 9.17) is 0 Å². The molecule has 1 aromatic heterocycles. The van der Waals surface area contributed by atoms with Gasteiger partial charge in [0.2, 0.25) is 11.8 Å². The predicted octanol–water partition coefficient (Wildman–Crippen LogP) is 1.91. The maximum Gasteiger partial charge on any atom is 0.286 e. The molecule has 25 heavy (non-hydrogen) atoms. The molecule has 1 fully saturated rings. The number of carbonyl (C=O) groups excluding carboxylic acids is 3.